The minimum Gasteiger partial charge on any atom is -0.460 e. The largest absolute Gasteiger partial charge is 0.460 e. The van der Waals surface area contributed by atoms with Crippen molar-refractivity contribution in [1.29, 1.82) is 0 Å². The molecule has 1 amide bonds. The molecular weight excluding hydrogens is 446 g/mol. The van der Waals surface area contributed by atoms with Gasteiger partial charge in [0.2, 0.25) is 0 Å². The Kier molecular flexibility index (Phi) is 13.2. The van der Waals surface area contributed by atoms with Crippen LogP contribution in [0.25, 0.3) is 0 Å². The van der Waals surface area contributed by atoms with Crippen LogP contribution in [0.4, 0.5) is 0 Å². The Bertz CT molecular complexity index is 754. The quantitative estimate of drug-likeness (QED) is 0.139. The molecule has 0 unspecified atom stereocenters. The summed E-state index contributed by atoms with van der Waals surface area (Å²) in [4.78, 5) is 26.5. The van der Waals surface area contributed by atoms with Crippen molar-refractivity contribution in [3.63, 3.8) is 0 Å². The molecule has 190 valence electrons. The van der Waals surface area contributed by atoms with Gasteiger partial charge in [0.25, 0.3) is 11.1 Å². The van der Waals surface area contributed by atoms with E-state index in [1.807, 2.05) is 37.3 Å². The number of thiocarbonyl (C=S) groups is 1. The van der Waals surface area contributed by atoms with Crippen molar-refractivity contribution >= 4 is 29.3 Å². The first-order valence-corrected chi connectivity index (χ1v) is 13.6. The van der Waals surface area contributed by atoms with E-state index in [0.717, 1.165) is 24.8 Å². The molecule has 0 saturated carbocycles. The lowest BCUT2D eigenvalue weighted by atomic mass is 10.0. The highest BCUT2D eigenvalue weighted by Crippen LogP contribution is 2.33. The van der Waals surface area contributed by atoms with Gasteiger partial charge in [0.15, 0.2) is 6.10 Å². The first-order chi connectivity index (χ1) is 16.5. The van der Waals surface area contributed by atoms with Crippen molar-refractivity contribution in [2.45, 2.75) is 122 Å². The second-order valence-corrected chi connectivity index (χ2v) is 9.79. The summed E-state index contributed by atoms with van der Waals surface area (Å²) in [5.41, 5.74) is 0.970. The van der Waals surface area contributed by atoms with Gasteiger partial charge < -0.3 is 9.47 Å². The highest BCUT2D eigenvalue weighted by atomic mass is 32.1. The zero-order valence-corrected chi connectivity index (χ0v) is 22.1. The molecule has 1 fully saturated rings. The summed E-state index contributed by atoms with van der Waals surface area (Å²) in [7, 11) is 0. The van der Waals surface area contributed by atoms with Gasteiger partial charge in [0.05, 0.1) is 6.04 Å². The maximum atomic E-state index is 13.3. The number of benzene rings is 1. The molecule has 1 saturated heterocycles. The van der Waals surface area contributed by atoms with Crippen LogP contribution in [0.3, 0.4) is 0 Å². The molecule has 3 atom stereocenters. The smallest absolute Gasteiger partial charge is 0.303 e. The molecule has 5 nitrogen and oxygen atoms in total. The van der Waals surface area contributed by atoms with Crippen LogP contribution in [0.1, 0.15) is 116 Å². The van der Waals surface area contributed by atoms with Crippen LogP contribution in [0.5, 0.6) is 0 Å². The summed E-state index contributed by atoms with van der Waals surface area (Å²) in [6.45, 7) is 5.52. The molecule has 0 aliphatic carbocycles. The zero-order chi connectivity index (χ0) is 24.8. The Morgan fingerprint density at radius 1 is 0.941 bits per heavy atom. The average Bonchev–Trinajstić information content (AvgIpc) is 3.12. The van der Waals surface area contributed by atoms with E-state index in [1.54, 1.807) is 0 Å². The van der Waals surface area contributed by atoms with Crippen LogP contribution in [-0.2, 0) is 19.1 Å². The first-order valence-electron chi connectivity index (χ1n) is 13.2. The van der Waals surface area contributed by atoms with Crippen molar-refractivity contribution in [2.75, 3.05) is 0 Å². The highest BCUT2D eigenvalue weighted by Gasteiger charge is 2.43. The normalized spacial score (nSPS) is 18.6. The second-order valence-electron chi connectivity index (χ2n) is 9.44. The molecule has 0 radical (unpaired) electrons. The summed E-state index contributed by atoms with van der Waals surface area (Å²) in [5.74, 6) is -0.732. The number of carbonyl (C=O) groups is 2. The third-order valence-electron chi connectivity index (χ3n) is 6.54. The molecule has 0 aromatic heterocycles. The number of hydrogen-bond donors (Lipinski definition) is 0. The predicted molar refractivity (Wildman–Crippen MR) is 140 cm³/mol. The number of amides is 1. The van der Waals surface area contributed by atoms with E-state index in [2.05, 4.69) is 6.92 Å². The molecule has 1 heterocycles. The Morgan fingerprint density at radius 3 is 2.00 bits per heavy atom. The summed E-state index contributed by atoms with van der Waals surface area (Å²) in [5, 5.41) is 0.151. The molecule has 1 aromatic carbocycles. The number of carbonyl (C=O) groups excluding carboxylic acids is 2. The number of ether oxygens (including phenoxy) is 2. The van der Waals surface area contributed by atoms with Crippen LogP contribution in [0, 0.1) is 0 Å². The maximum Gasteiger partial charge on any atom is 0.303 e. The molecule has 0 spiro atoms. The maximum absolute atomic E-state index is 13.3. The molecule has 2 rings (SSSR count). The molecule has 1 aliphatic rings. The van der Waals surface area contributed by atoms with Gasteiger partial charge in [-0.3, -0.25) is 14.5 Å². The van der Waals surface area contributed by atoms with Crippen LogP contribution in [-0.4, -0.2) is 34.1 Å². The van der Waals surface area contributed by atoms with E-state index in [0.29, 0.717) is 6.42 Å². The van der Waals surface area contributed by atoms with Crippen molar-refractivity contribution in [2.24, 2.45) is 0 Å². The Balaban J connectivity index is 1.74. The molecule has 34 heavy (non-hydrogen) atoms. The Hall–Kier alpha value is -1.95. The fourth-order valence-electron chi connectivity index (χ4n) is 4.60. The van der Waals surface area contributed by atoms with Crippen LogP contribution in [0.15, 0.2) is 30.3 Å². The Labute approximate surface area is 211 Å². The number of nitrogens with zero attached hydrogens (tertiary/aromatic N) is 1. The van der Waals surface area contributed by atoms with Gasteiger partial charge in [0, 0.05) is 6.92 Å². The number of hydrogen-bond acceptors (Lipinski definition) is 5. The minimum atomic E-state index is -0.820. The van der Waals surface area contributed by atoms with Gasteiger partial charge in [-0.15, -0.1) is 0 Å². The standard InChI is InChI=1S/C28H43NO4S/c1-4-5-6-7-8-9-10-11-12-13-14-18-21-25(32-23(3)30)27(31)29-22(2)26(33-28(29)34)24-19-16-15-17-20-24/h15-17,19-20,22,25-26H,4-14,18,21H2,1-3H3/t22-,25-,26-/m1/s1. The lowest BCUT2D eigenvalue weighted by Gasteiger charge is -2.25. The van der Waals surface area contributed by atoms with E-state index < -0.39 is 12.1 Å². The van der Waals surface area contributed by atoms with Gasteiger partial charge in [-0.25, -0.2) is 0 Å². The summed E-state index contributed by atoms with van der Waals surface area (Å²) in [6.07, 6.45) is 14.3. The van der Waals surface area contributed by atoms with Crippen molar-refractivity contribution in [3.05, 3.63) is 35.9 Å². The minimum absolute atomic E-state index is 0.151. The first kappa shape index (κ1) is 28.3. The van der Waals surface area contributed by atoms with E-state index in [-0.39, 0.29) is 23.2 Å². The predicted octanol–water partition coefficient (Wildman–Crippen LogP) is 7.28. The average molecular weight is 490 g/mol. The van der Waals surface area contributed by atoms with Gasteiger partial charge >= 0.3 is 5.97 Å². The fourth-order valence-corrected chi connectivity index (χ4v) is 4.96. The SMILES string of the molecule is CCCCCCCCCCCCCC[C@@H](OC(C)=O)C(=O)N1C(=S)O[C@@H](c2ccccc2)[C@H]1C. The van der Waals surface area contributed by atoms with Crippen molar-refractivity contribution in [3.8, 4) is 0 Å². The Morgan fingerprint density at radius 2 is 1.47 bits per heavy atom. The molecule has 1 aromatic rings. The number of unbranched alkanes of at least 4 members (excludes halogenated alkanes) is 11. The lowest BCUT2D eigenvalue weighted by Crippen LogP contribution is -2.45. The van der Waals surface area contributed by atoms with Crippen LogP contribution < -0.4 is 0 Å². The van der Waals surface area contributed by atoms with Crippen molar-refractivity contribution in [1.82, 2.24) is 4.90 Å². The summed E-state index contributed by atoms with van der Waals surface area (Å²) < 4.78 is 11.3. The molecule has 0 N–H and O–H groups in total. The summed E-state index contributed by atoms with van der Waals surface area (Å²) >= 11 is 5.38. The third-order valence-corrected chi connectivity index (χ3v) is 6.83. The van der Waals surface area contributed by atoms with Crippen LogP contribution in [0.2, 0.25) is 0 Å². The molecule has 6 heteroatoms. The van der Waals surface area contributed by atoms with Gasteiger partial charge in [-0.1, -0.05) is 108 Å². The zero-order valence-electron chi connectivity index (χ0n) is 21.3. The van der Waals surface area contributed by atoms with Gasteiger partial charge in [-0.05, 0) is 37.5 Å². The van der Waals surface area contributed by atoms with E-state index in [1.165, 1.54) is 69.6 Å². The lowest BCUT2D eigenvalue weighted by molar-refractivity contribution is -0.157. The summed E-state index contributed by atoms with van der Waals surface area (Å²) in [6, 6.07) is 9.49. The monoisotopic (exact) mass is 489 g/mol. The van der Waals surface area contributed by atoms with Crippen molar-refractivity contribution < 1.29 is 19.1 Å². The molecular formula is C28H43NO4S. The number of esters is 1. The molecule has 0 bridgehead atoms. The van der Waals surface area contributed by atoms with Gasteiger partial charge in [-0.2, -0.15) is 0 Å². The third kappa shape index (κ3) is 9.36. The highest BCUT2D eigenvalue weighted by molar-refractivity contribution is 7.80. The van der Waals surface area contributed by atoms with Gasteiger partial charge in [0.1, 0.15) is 6.10 Å². The van der Waals surface area contributed by atoms with Crippen LogP contribution >= 0.6 is 12.2 Å². The van der Waals surface area contributed by atoms with E-state index >= 15 is 0 Å². The second kappa shape index (κ2) is 15.9. The topological polar surface area (TPSA) is 55.8 Å². The van der Waals surface area contributed by atoms with E-state index in [9.17, 15) is 9.59 Å². The molecule has 1 aliphatic heterocycles. The number of rotatable bonds is 16. The van der Waals surface area contributed by atoms with E-state index in [4.69, 9.17) is 21.7 Å². The fraction of sp³-hybridized carbons (Fsp3) is 0.679.